The fourth-order valence-corrected chi connectivity index (χ4v) is 3.66. The van der Waals surface area contributed by atoms with Crippen LogP contribution in [0.3, 0.4) is 0 Å². The minimum absolute atomic E-state index is 0.231. The molecule has 0 spiro atoms. The molecular formula is C15H15ClO2S. The maximum absolute atomic E-state index is 10.4. The molecule has 0 radical (unpaired) electrons. The molecule has 3 rings (SSSR count). The Balaban J connectivity index is 1.79. The second-order valence-electron chi connectivity index (χ2n) is 4.72. The van der Waals surface area contributed by atoms with Gasteiger partial charge in [0.15, 0.2) is 0 Å². The van der Waals surface area contributed by atoms with Crippen molar-refractivity contribution in [1.29, 1.82) is 0 Å². The normalized spacial score (nSPS) is 20.0. The van der Waals surface area contributed by atoms with Crippen LogP contribution in [0.15, 0.2) is 36.4 Å². The van der Waals surface area contributed by atoms with Gasteiger partial charge in [-0.1, -0.05) is 35.9 Å². The number of aliphatic hydroxyl groups is 1. The number of hydrogen-bond acceptors (Lipinski definition) is 3. The second kappa shape index (κ2) is 5.63. The molecule has 0 saturated heterocycles. The molecule has 1 aromatic carbocycles. The van der Waals surface area contributed by atoms with Gasteiger partial charge in [-0.15, -0.1) is 11.3 Å². The Morgan fingerprint density at radius 3 is 2.95 bits per heavy atom. The van der Waals surface area contributed by atoms with Crippen molar-refractivity contribution < 1.29 is 9.84 Å². The van der Waals surface area contributed by atoms with Crippen molar-refractivity contribution >= 4 is 22.9 Å². The Hall–Kier alpha value is -0.870. The molecule has 2 atom stereocenters. The fourth-order valence-electron chi connectivity index (χ4n) is 2.52. The van der Waals surface area contributed by atoms with Crippen molar-refractivity contribution in [2.45, 2.75) is 25.0 Å². The van der Waals surface area contributed by atoms with E-state index in [4.69, 9.17) is 16.3 Å². The summed E-state index contributed by atoms with van der Waals surface area (Å²) in [6, 6.07) is 12.0. The zero-order valence-electron chi connectivity index (χ0n) is 10.4. The lowest BCUT2D eigenvalue weighted by atomic mass is 9.93. The number of rotatable bonds is 3. The topological polar surface area (TPSA) is 29.5 Å². The molecule has 0 fully saturated rings. The molecule has 1 N–H and O–H groups in total. The summed E-state index contributed by atoms with van der Waals surface area (Å²) in [5.74, 6) is 0. The molecule has 1 aromatic heterocycles. The monoisotopic (exact) mass is 294 g/mol. The van der Waals surface area contributed by atoms with E-state index in [1.165, 1.54) is 16.9 Å². The zero-order chi connectivity index (χ0) is 13.2. The van der Waals surface area contributed by atoms with Crippen molar-refractivity contribution in [3.63, 3.8) is 0 Å². The summed E-state index contributed by atoms with van der Waals surface area (Å²) in [5, 5.41) is 10.4. The minimum atomic E-state index is -0.531. The van der Waals surface area contributed by atoms with E-state index in [1.807, 2.05) is 30.3 Å². The molecule has 0 aliphatic carbocycles. The number of hydrogen-bond donors (Lipinski definition) is 1. The van der Waals surface area contributed by atoms with Crippen LogP contribution in [0.5, 0.6) is 0 Å². The van der Waals surface area contributed by atoms with E-state index in [9.17, 15) is 5.11 Å². The lowest BCUT2D eigenvalue weighted by Crippen LogP contribution is -2.28. The van der Waals surface area contributed by atoms with Crippen molar-refractivity contribution in [3.8, 4) is 0 Å². The summed E-state index contributed by atoms with van der Waals surface area (Å²) in [6.45, 7) is 0.671. The summed E-state index contributed by atoms with van der Waals surface area (Å²) >= 11 is 7.43. The van der Waals surface area contributed by atoms with Crippen molar-refractivity contribution in [2.24, 2.45) is 0 Å². The zero-order valence-corrected chi connectivity index (χ0v) is 12.0. The molecule has 100 valence electrons. The number of ether oxygens (including phenoxy) is 1. The molecular weight excluding hydrogens is 280 g/mol. The SMILES string of the molecule is OC(Cc1ccc(Cl)s1)C1OCCc2ccccc21. The second-order valence-corrected chi connectivity index (χ2v) is 6.52. The van der Waals surface area contributed by atoms with Crippen LogP contribution in [-0.4, -0.2) is 17.8 Å². The minimum Gasteiger partial charge on any atom is -0.390 e. The quantitative estimate of drug-likeness (QED) is 0.937. The standard InChI is InChI=1S/C15H15ClO2S/c16-14-6-5-11(19-14)9-13(17)15-12-4-2-1-3-10(12)7-8-18-15/h1-6,13,15,17H,7-9H2. The highest BCUT2D eigenvalue weighted by Crippen LogP contribution is 2.32. The lowest BCUT2D eigenvalue weighted by Gasteiger charge is -2.29. The summed E-state index contributed by atoms with van der Waals surface area (Å²) in [6.07, 6.45) is 0.739. The maximum atomic E-state index is 10.4. The molecule has 1 aliphatic heterocycles. The number of benzene rings is 1. The van der Waals surface area contributed by atoms with Gasteiger partial charge in [-0.2, -0.15) is 0 Å². The smallest absolute Gasteiger partial charge is 0.109 e. The van der Waals surface area contributed by atoms with E-state index < -0.39 is 6.10 Å². The van der Waals surface area contributed by atoms with E-state index >= 15 is 0 Å². The fraction of sp³-hybridized carbons (Fsp3) is 0.333. The summed E-state index contributed by atoms with van der Waals surface area (Å²) in [7, 11) is 0. The van der Waals surface area contributed by atoms with Gasteiger partial charge in [0.2, 0.25) is 0 Å². The average Bonchev–Trinajstić information content (AvgIpc) is 2.83. The van der Waals surface area contributed by atoms with Gasteiger partial charge in [0.1, 0.15) is 6.10 Å². The number of halogens is 1. The molecule has 0 bridgehead atoms. The average molecular weight is 295 g/mol. The lowest BCUT2D eigenvalue weighted by molar-refractivity contribution is -0.0457. The van der Waals surface area contributed by atoms with E-state index in [0.717, 1.165) is 21.2 Å². The molecule has 0 saturated carbocycles. The Morgan fingerprint density at radius 2 is 2.16 bits per heavy atom. The Bertz CT molecular complexity index is 567. The molecule has 2 heterocycles. The summed E-state index contributed by atoms with van der Waals surface area (Å²) in [4.78, 5) is 1.09. The van der Waals surface area contributed by atoms with E-state index in [2.05, 4.69) is 6.07 Å². The van der Waals surface area contributed by atoms with Crippen LogP contribution in [0.2, 0.25) is 4.34 Å². The van der Waals surface area contributed by atoms with Crippen molar-refractivity contribution in [3.05, 3.63) is 56.7 Å². The highest BCUT2D eigenvalue weighted by atomic mass is 35.5. The molecule has 2 nitrogen and oxygen atoms in total. The van der Waals surface area contributed by atoms with E-state index in [1.54, 1.807) is 0 Å². The molecule has 1 aliphatic rings. The van der Waals surface area contributed by atoms with Gasteiger partial charge in [0.05, 0.1) is 17.0 Å². The summed E-state index contributed by atoms with van der Waals surface area (Å²) < 4.78 is 6.52. The van der Waals surface area contributed by atoms with Gasteiger partial charge in [-0.3, -0.25) is 0 Å². The third-order valence-electron chi connectivity index (χ3n) is 3.42. The maximum Gasteiger partial charge on any atom is 0.109 e. The Kier molecular flexibility index (Phi) is 3.89. The molecule has 4 heteroatoms. The van der Waals surface area contributed by atoms with E-state index in [-0.39, 0.29) is 6.10 Å². The Morgan fingerprint density at radius 1 is 1.32 bits per heavy atom. The van der Waals surface area contributed by atoms with Crippen LogP contribution >= 0.6 is 22.9 Å². The molecule has 2 aromatic rings. The first-order valence-electron chi connectivity index (χ1n) is 6.36. The predicted molar refractivity (Wildman–Crippen MR) is 77.9 cm³/mol. The highest BCUT2D eigenvalue weighted by molar-refractivity contribution is 7.16. The van der Waals surface area contributed by atoms with Gasteiger partial charge < -0.3 is 9.84 Å². The molecule has 2 unspecified atom stereocenters. The highest BCUT2D eigenvalue weighted by Gasteiger charge is 2.27. The van der Waals surface area contributed by atoms with Gasteiger partial charge in [0.25, 0.3) is 0 Å². The number of fused-ring (bicyclic) bond motifs is 1. The van der Waals surface area contributed by atoms with Crippen molar-refractivity contribution in [1.82, 2.24) is 0 Å². The van der Waals surface area contributed by atoms with Gasteiger partial charge in [-0.05, 0) is 29.7 Å². The predicted octanol–water partition coefficient (Wildman–Crippen LogP) is 3.62. The molecule has 19 heavy (non-hydrogen) atoms. The van der Waals surface area contributed by atoms with Gasteiger partial charge >= 0.3 is 0 Å². The third-order valence-corrected chi connectivity index (χ3v) is 4.67. The van der Waals surface area contributed by atoms with Crippen LogP contribution in [0, 0.1) is 0 Å². The van der Waals surface area contributed by atoms with Crippen LogP contribution in [-0.2, 0) is 17.6 Å². The van der Waals surface area contributed by atoms with Crippen LogP contribution < -0.4 is 0 Å². The van der Waals surface area contributed by atoms with Crippen LogP contribution in [0.1, 0.15) is 22.1 Å². The van der Waals surface area contributed by atoms with E-state index in [0.29, 0.717) is 13.0 Å². The Labute approximate surface area is 121 Å². The first-order chi connectivity index (χ1) is 9.24. The van der Waals surface area contributed by atoms with Crippen molar-refractivity contribution in [2.75, 3.05) is 6.61 Å². The van der Waals surface area contributed by atoms with Gasteiger partial charge in [-0.25, -0.2) is 0 Å². The number of aliphatic hydroxyl groups excluding tert-OH is 1. The summed E-state index contributed by atoms with van der Waals surface area (Å²) in [5.41, 5.74) is 2.39. The van der Waals surface area contributed by atoms with Crippen LogP contribution in [0.25, 0.3) is 0 Å². The third kappa shape index (κ3) is 2.84. The largest absolute Gasteiger partial charge is 0.390 e. The first-order valence-corrected chi connectivity index (χ1v) is 7.55. The van der Waals surface area contributed by atoms with Gasteiger partial charge in [0, 0.05) is 11.3 Å². The van der Waals surface area contributed by atoms with Crippen LogP contribution in [0.4, 0.5) is 0 Å². The first kappa shape index (κ1) is 13.1. The number of thiophene rings is 1. The molecule has 0 amide bonds.